The molecule has 18 heavy (non-hydrogen) atoms. The Balaban J connectivity index is 0.00000289. The molecular weight excluding hydrogens is 254 g/mol. The standard InChI is InChI=1S/C12H19N3O2.ClH/c1-7-4-9(3)15-12(17)10(7)6-14-11(16)8(2)5-13;/h4,8H,5-6,13H2,1-3H3,(H,14,16)(H,15,17);1H. The van der Waals surface area contributed by atoms with E-state index >= 15 is 0 Å². The second kappa shape index (κ2) is 7.18. The van der Waals surface area contributed by atoms with Crippen molar-refractivity contribution in [3.05, 3.63) is 33.2 Å². The first-order chi connectivity index (χ1) is 7.95. The molecule has 0 saturated carbocycles. The van der Waals surface area contributed by atoms with E-state index in [0.717, 1.165) is 11.3 Å². The molecule has 0 fully saturated rings. The van der Waals surface area contributed by atoms with Gasteiger partial charge in [0.05, 0.1) is 0 Å². The highest BCUT2D eigenvalue weighted by molar-refractivity contribution is 5.85. The van der Waals surface area contributed by atoms with Gasteiger partial charge in [0.25, 0.3) is 5.56 Å². The number of hydrogen-bond acceptors (Lipinski definition) is 3. The van der Waals surface area contributed by atoms with Crippen LogP contribution in [0.25, 0.3) is 0 Å². The van der Waals surface area contributed by atoms with Crippen molar-refractivity contribution in [2.24, 2.45) is 11.7 Å². The van der Waals surface area contributed by atoms with E-state index in [0.29, 0.717) is 12.1 Å². The number of amides is 1. The van der Waals surface area contributed by atoms with Crippen molar-refractivity contribution in [3.8, 4) is 0 Å². The van der Waals surface area contributed by atoms with E-state index in [1.807, 2.05) is 19.9 Å². The fourth-order valence-electron chi connectivity index (χ4n) is 1.56. The van der Waals surface area contributed by atoms with Crippen molar-refractivity contribution in [1.29, 1.82) is 0 Å². The Kier molecular flexibility index (Phi) is 6.65. The predicted octanol–water partition coefficient (Wildman–Crippen LogP) is 0.625. The number of aromatic amines is 1. The molecule has 0 aliphatic rings. The molecule has 0 saturated heterocycles. The van der Waals surface area contributed by atoms with Gasteiger partial charge in [-0.1, -0.05) is 6.92 Å². The molecule has 6 heteroatoms. The molecule has 102 valence electrons. The first-order valence-corrected chi connectivity index (χ1v) is 5.63. The molecule has 0 aliphatic heterocycles. The minimum Gasteiger partial charge on any atom is -0.352 e. The molecule has 0 bridgehead atoms. The summed E-state index contributed by atoms with van der Waals surface area (Å²) in [5.74, 6) is -0.369. The van der Waals surface area contributed by atoms with E-state index < -0.39 is 0 Å². The zero-order chi connectivity index (χ0) is 13.0. The van der Waals surface area contributed by atoms with Crippen molar-refractivity contribution in [3.63, 3.8) is 0 Å². The van der Waals surface area contributed by atoms with Gasteiger partial charge in [-0.25, -0.2) is 0 Å². The summed E-state index contributed by atoms with van der Waals surface area (Å²) in [4.78, 5) is 25.9. The average molecular weight is 274 g/mol. The summed E-state index contributed by atoms with van der Waals surface area (Å²) in [7, 11) is 0. The third kappa shape index (κ3) is 4.16. The fraction of sp³-hybridized carbons (Fsp3) is 0.500. The molecule has 0 aromatic carbocycles. The van der Waals surface area contributed by atoms with Gasteiger partial charge >= 0.3 is 0 Å². The van der Waals surface area contributed by atoms with Crippen molar-refractivity contribution in [2.75, 3.05) is 6.54 Å². The number of carbonyl (C=O) groups is 1. The van der Waals surface area contributed by atoms with E-state index in [1.54, 1.807) is 6.92 Å². The number of carbonyl (C=O) groups excluding carboxylic acids is 1. The quantitative estimate of drug-likeness (QED) is 0.752. The van der Waals surface area contributed by atoms with E-state index in [1.165, 1.54) is 0 Å². The van der Waals surface area contributed by atoms with Crippen LogP contribution in [-0.4, -0.2) is 17.4 Å². The lowest BCUT2D eigenvalue weighted by Crippen LogP contribution is -2.34. The van der Waals surface area contributed by atoms with Gasteiger partial charge in [-0.05, 0) is 25.5 Å². The summed E-state index contributed by atoms with van der Waals surface area (Å²) >= 11 is 0. The summed E-state index contributed by atoms with van der Waals surface area (Å²) in [6.45, 7) is 5.98. The number of pyridine rings is 1. The lowest BCUT2D eigenvalue weighted by molar-refractivity contribution is -0.124. The smallest absolute Gasteiger partial charge is 0.253 e. The Morgan fingerprint density at radius 3 is 2.61 bits per heavy atom. The Hall–Kier alpha value is -1.33. The van der Waals surface area contributed by atoms with Crippen LogP contribution in [-0.2, 0) is 11.3 Å². The Morgan fingerprint density at radius 1 is 1.50 bits per heavy atom. The summed E-state index contributed by atoms with van der Waals surface area (Å²) in [6.07, 6.45) is 0. The summed E-state index contributed by atoms with van der Waals surface area (Å²) in [5.41, 5.74) is 7.53. The maximum absolute atomic E-state index is 11.7. The lowest BCUT2D eigenvalue weighted by Gasteiger charge is -2.11. The minimum atomic E-state index is -0.236. The highest BCUT2D eigenvalue weighted by Gasteiger charge is 2.12. The van der Waals surface area contributed by atoms with Gasteiger partial charge in [0.2, 0.25) is 5.91 Å². The van der Waals surface area contributed by atoms with Crippen LogP contribution in [0.15, 0.2) is 10.9 Å². The number of hydrogen-bond donors (Lipinski definition) is 3. The Labute approximate surface area is 113 Å². The molecule has 5 nitrogen and oxygen atoms in total. The van der Waals surface area contributed by atoms with Gasteiger partial charge in [-0.3, -0.25) is 9.59 Å². The van der Waals surface area contributed by atoms with Crippen LogP contribution < -0.4 is 16.6 Å². The number of aromatic nitrogens is 1. The molecule has 0 aliphatic carbocycles. The molecule has 1 aromatic rings. The van der Waals surface area contributed by atoms with E-state index in [9.17, 15) is 9.59 Å². The number of H-pyrrole nitrogens is 1. The SMILES string of the molecule is Cc1cc(C)c(CNC(=O)C(C)CN)c(=O)[nH]1.Cl. The van der Waals surface area contributed by atoms with Crippen LogP contribution in [0.1, 0.15) is 23.7 Å². The second-order valence-corrected chi connectivity index (χ2v) is 4.30. The first kappa shape index (κ1) is 16.7. The van der Waals surface area contributed by atoms with Crippen molar-refractivity contribution in [1.82, 2.24) is 10.3 Å². The Morgan fingerprint density at radius 2 is 2.11 bits per heavy atom. The number of nitrogens with one attached hydrogen (secondary N) is 2. The van der Waals surface area contributed by atoms with E-state index in [4.69, 9.17) is 5.73 Å². The molecule has 1 amide bonds. The molecule has 1 atom stereocenters. The van der Waals surface area contributed by atoms with Gasteiger partial charge in [0.15, 0.2) is 0 Å². The molecule has 4 N–H and O–H groups in total. The average Bonchev–Trinajstić information content (AvgIpc) is 2.26. The van der Waals surface area contributed by atoms with E-state index in [2.05, 4.69) is 10.3 Å². The zero-order valence-corrected chi connectivity index (χ0v) is 11.7. The largest absolute Gasteiger partial charge is 0.352 e. The van der Waals surface area contributed by atoms with Crippen LogP contribution in [0.3, 0.4) is 0 Å². The van der Waals surface area contributed by atoms with Crippen molar-refractivity contribution < 1.29 is 4.79 Å². The van der Waals surface area contributed by atoms with Crippen LogP contribution in [0.4, 0.5) is 0 Å². The number of nitrogens with two attached hydrogens (primary N) is 1. The highest BCUT2D eigenvalue weighted by atomic mass is 35.5. The van der Waals surface area contributed by atoms with Gasteiger partial charge in [-0.2, -0.15) is 0 Å². The van der Waals surface area contributed by atoms with Crippen LogP contribution in [0.5, 0.6) is 0 Å². The fourth-order valence-corrected chi connectivity index (χ4v) is 1.56. The zero-order valence-electron chi connectivity index (χ0n) is 10.9. The van der Waals surface area contributed by atoms with E-state index in [-0.39, 0.29) is 36.3 Å². The summed E-state index contributed by atoms with van der Waals surface area (Å²) in [5, 5.41) is 2.71. The summed E-state index contributed by atoms with van der Waals surface area (Å²) < 4.78 is 0. The van der Waals surface area contributed by atoms with Crippen LogP contribution in [0.2, 0.25) is 0 Å². The molecule has 0 spiro atoms. The number of aryl methyl sites for hydroxylation is 2. The molecule has 1 rings (SSSR count). The molecule has 0 radical (unpaired) electrons. The van der Waals surface area contributed by atoms with Gasteiger partial charge in [-0.15, -0.1) is 12.4 Å². The monoisotopic (exact) mass is 273 g/mol. The van der Waals surface area contributed by atoms with Crippen LogP contribution in [0, 0.1) is 19.8 Å². The normalized spacial score (nSPS) is 11.6. The first-order valence-electron chi connectivity index (χ1n) is 5.63. The highest BCUT2D eigenvalue weighted by Crippen LogP contribution is 2.03. The molecule has 1 aromatic heterocycles. The number of halogens is 1. The maximum Gasteiger partial charge on any atom is 0.253 e. The van der Waals surface area contributed by atoms with Gasteiger partial charge in [0.1, 0.15) is 0 Å². The van der Waals surface area contributed by atoms with Crippen LogP contribution >= 0.6 is 12.4 Å². The Bertz CT molecular complexity index is 471. The third-order valence-electron chi connectivity index (χ3n) is 2.73. The lowest BCUT2D eigenvalue weighted by atomic mass is 10.1. The minimum absolute atomic E-state index is 0. The third-order valence-corrected chi connectivity index (χ3v) is 2.73. The number of rotatable bonds is 4. The van der Waals surface area contributed by atoms with Crippen molar-refractivity contribution in [2.45, 2.75) is 27.3 Å². The maximum atomic E-state index is 11.7. The molecule has 1 heterocycles. The predicted molar refractivity (Wildman–Crippen MR) is 73.8 cm³/mol. The van der Waals surface area contributed by atoms with Crippen molar-refractivity contribution >= 4 is 18.3 Å². The van der Waals surface area contributed by atoms with Gasteiger partial charge in [0, 0.05) is 30.3 Å². The molecular formula is C12H20ClN3O2. The topological polar surface area (TPSA) is 88.0 Å². The second-order valence-electron chi connectivity index (χ2n) is 4.30. The molecule has 1 unspecified atom stereocenters. The van der Waals surface area contributed by atoms with Gasteiger partial charge < -0.3 is 16.0 Å². The summed E-state index contributed by atoms with van der Waals surface area (Å²) in [6, 6.07) is 1.88.